The van der Waals surface area contributed by atoms with Crippen molar-refractivity contribution in [2.75, 3.05) is 6.61 Å². The summed E-state index contributed by atoms with van der Waals surface area (Å²) >= 11 is 0. The minimum absolute atomic E-state index is 0.326. The highest BCUT2D eigenvalue weighted by atomic mass is 19.1. The first-order valence-electron chi connectivity index (χ1n) is 12.5. The lowest BCUT2D eigenvalue weighted by molar-refractivity contribution is 0.00308. The molecule has 1 heterocycles. The smallest absolute Gasteiger partial charge is 0.128 e. The van der Waals surface area contributed by atoms with Crippen molar-refractivity contribution >= 4 is 0 Å². The van der Waals surface area contributed by atoms with Crippen LogP contribution >= 0.6 is 0 Å². The molecule has 0 aromatic carbocycles. The summed E-state index contributed by atoms with van der Waals surface area (Å²) in [6.45, 7) is 4.00. The Labute approximate surface area is 183 Å². The molecule has 1 aromatic rings. The van der Waals surface area contributed by atoms with Gasteiger partial charge in [0.15, 0.2) is 0 Å². The number of aromatic nitrogens is 3. The number of hydrogen-bond acceptors (Lipinski definition) is 4. The number of hydrogen-bond donors (Lipinski definition) is 2. The van der Waals surface area contributed by atoms with Gasteiger partial charge >= 0.3 is 0 Å². The summed E-state index contributed by atoms with van der Waals surface area (Å²) in [4.78, 5) is 0. The maximum absolute atomic E-state index is 14.5. The van der Waals surface area contributed by atoms with Gasteiger partial charge in [-0.05, 0) is 19.3 Å². The van der Waals surface area contributed by atoms with Crippen LogP contribution in [-0.4, -0.2) is 44.1 Å². The first-order valence-corrected chi connectivity index (χ1v) is 12.5. The first-order chi connectivity index (χ1) is 14.6. The highest BCUT2D eigenvalue weighted by Crippen LogP contribution is 2.21. The van der Waals surface area contributed by atoms with E-state index in [1.807, 2.05) is 0 Å². The zero-order chi connectivity index (χ0) is 22.0. The molecule has 3 atom stereocenters. The number of unbranched alkanes of at least 4 members (excludes halogenated alkanes) is 12. The number of halogens is 1. The largest absolute Gasteiger partial charge is 0.394 e. The minimum atomic E-state index is -1.35. The van der Waals surface area contributed by atoms with Crippen molar-refractivity contribution in [3.63, 3.8) is 0 Å². The van der Waals surface area contributed by atoms with E-state index in [1.54, 1.807) is 6.20 Å². The van der Waals surface area contributed by atoms with Crippen LogP contribution in [0.25, 0.3) is 0 Å². The third-order valence-electron chi connectivity index (χ3n) is 5.97. The Hall–Kier alpha value is -1.01. The number of alkyl halides is 1. The summed E-state index contributed by atoms with van der Waals surface area (Å²) < 4.78 is 15.9. The third kappa shape index (κ3) is 11.4. The normalized spacial score (nSPS) is 14.7. The van der Waals surface area contributed by atoms with Crippen molar-refractivity contribution in [1.29, 1.82) is 0 Å². The molecule has 0 unspecified atom stereocenters. The van der Waals surface area contributed by atoms with E-state index in [0.29, 0.717) is 6.42 Å². The molecule has 0 saturated carbocycles. The van der Waals surface area contributed by atoms with Gasteiger partial charge in [0.05, 0.1) is 12.3 Å². The van der Waals surface area contributed by atoms with Crippen LogP contribution in [0.3, 0.4) is 0 Å². The number of nitrogens with zero attached hydrogens (tertiary/aromatic N) is 3. The van der Waals surface area contributed by atoms with Crippen LogP contribution < -0.4 is 0 Å². The van der Waals surface area contributed by atoms with Gasteiger partial charge in [-0.2, -0.15) is 0 Å². The Morgan fingerprint density at radius 2 is 1.40 bits per heavy atom. The molecule has 0 aliphatic carbocycles. The van der Waals surface area contributed by atoms with Crippen molar-refractivity contribution in [1.82, 2.24) is 15.0 Å². The third-order valence-corrected chi connectivity index (χ3v) is 5.97. The van der Waals surface area contributed by atoms with E-state index in [-0.39, 0.29) is 6.61 Å². The van der Waals surface area contributed by atoms with Gasteiger partial charge < -0.3 is 10.2 Å². The van der Waals surface area contributed by atoms with Gasteiger partial charge in [-0.3, -0.25) is 0 Å². The molecular formula is C24H46FN3O2. The van der Waals surface area contributed by atoms with E-state index in [4.69, 9.17) is 0 Å². The van der Waals surface area contributed by atoms with Crippen LogP contribution in [0.4, 0.5) is 4.39 Å². The minimum Gasteiger partial charge on any atom is -0.394 e. The summed E-state index contributed by atoms with van der Waals surface area (Å²) in [5.41, 5.74) is 0.818. The van der Waals surface area contributed by atoms with Gasteiger partial charge in [0.1, 0.15) is 18.3 Å². The van der Waals surface area contributed by atoms with Gasteiger partial charge in [0, 0.05) is 6.20 Å². The summed E-state index contributed by atoms with van der Waals surface area (Å²) in [6.07, 6.45) is 17.1. The average molecular weight is 428 g/mol. The molecule has 30 heavy (non-hydrogen) atoms. The van der Waals surface area contributed by atoms with Crippen LogP contribution in [0.2, 0.25) is 0 Å². The quantitative estimate of drug-likeness (QED) is 0.252. The van der Waals surface area contributed by atoms with Crippen LogP contribution in [0.15, 0.2) is 6.20 Å². The fraction of sp³-hybridized carbons (Fsp3) is 0.917. The molecule has 0 aliphatic heterocycles. The van der Waals surface area contributed by atoms with Crippen molar-refractivity contribution in [2.24, 2.45) is 0 Å². The number of aliphatic hydroxyl groups is 2. The van der Waals surface area contributed by atoms with Crippen molar-refractivity contribution < 1.29 is 14.6 Å². The lowest BCUT2D eigenvalue weighted by Gasteiger charge is -2.23. The second kappa shape index (κ2) is 17.6. The average Bonchev–Trinajstić information content (AvgIpc) is 3.21. The van der Waals surface area contributed by atoms with E-state index in [9.17, 15) is 14.6 Å². The van der Waals surface area contributed by atoms with Crippen molar-refractivity contribution in [3.8, 4) is 0 Å². The monoisotopic (exact) mass is 427 g/mol. The summed E-state index contributed by atoms with van der Waals surface area (Å²) in [7, 11) is 0. The second-order valence-electron chi connectivity index (χ2n) is 8.73. The second-order valence-corrected chi connectivity index (χ2v) is 8.73. The highest BCUT2D eigenvalue weighted by molar-refractivity contribution is 4.95. The fourth-order valence-electron chi connectivity index (χ4n) is 3.89. The number of rotatable bonds is 20. The first kappa shape index (κ1) is 27.0. The Kier molecular flexibility index (Phi) is 15.9. The van der Waals surface area contributed by atoms with Gasteiger partial charge in [0.25, 0.3) is 0 Å². The lowest BCUT2D eigenvalue weighted by Crippen LogP contribution is -2.35. The molecule has 1 aromatic heterocycles. The molecule has 0 bridgehead atoms. The summed E-state index contributed by atoms with van der Waals surface area (Å²) in [5.74, 6) is 0. The van der Waals surface area contributed by atoms with E-state index in [2.05, 4.69) is 24.2 Å². The lowest BCUT2D eigenvalue weighted by atomic mass is 10.0. The van der Waals surface area contributed by atoms with Gasteiger partial charge in [-0.1, -0.05) is 103 Å². The van der Waals surface area contributed by atoms with Crippen LogP contribution in [-0.2, 0) is 6.42 Å². The maximum Gasteiger partial charge on any atom is 0.128 e. The molecule has 0 fully saturated rings. The summed E-state index contributed by atoms with van der Waals surface area (Å²) in [6, 6.07) is -0.778. The molecule has 0 amide bonds. The van der Waals surface area contributed by atoms with E-state index in [1.165, 1.54) is 62.5 Å². The van der Waals surface area contributed by atoms with Gasteiger partial charge in [-0.15, -0.1) is 5.10 Å². The molecule has 0 radical (unpaired) electrons. The zero-order valence-electron chi connectivity index (χ0n) is 19.4. The highest BCUT2D eigenvalue weighted by Gasteiger charge is 2.29. The molecule has 0 saturated heterocycles. The molecule has 5 nitrogen and oxygen atoms in total. The maximum atomic E-state index is 14.5. The van der Waals surface area contributed by atoms with E-state index in [0.717, 1.165) is 44.2 Å². The molecule has 2 N–H and O–H groups in total. The molecule has 0 spiro atoms. The molecular weight excluding hydrogens is 381 g/mol. The zero-order valence-corrected chi connectivity index (χ0v) is 19.4. The SMILES string of the molecule is CCCCCCCCCCCCCC[C@H](F)[C@H](O)[C@@H](CO)n1cc(CCCC)nn1. The molecule has 176 valence electrons. The van der Waals surface area contributed by atoms with Gasteiger partial charge in [0.2, 0.25) is 0 Å². The number of aryl methyl sites for hydroxylation is 1. The predicted molar refractivity (Wildman–Crippen MR) is 121 cm³/mol. The van der Waals surface area contributed by atoms with E-state index >= 15 is 0 Å². The standard InChI is InChI=1S/C24H46FN3O2/c1-3-5-7-8-9-10-11-12-13-14-15-16-18-22(25)24(30)23(20-29)28-19-21(26-27-28)17-6-4-2/h19,22-24,29-30H,3-18,20H2,1-2H3/t22-,23+,24-/m0/s1. The Balaban J connectivity index is 2.15. The van der Waals surface area contributed by atoms with Gasteiger partial charge in [-0.25, -0.2) is 9.07 Å². The Morgan fingerprint density at radius 3 is 1.93 bits per heavy atom. The Morgan fingerprint density at radius 1 is 0.867 bits per heavy atom. The van der Waals surface area contributed by atoms with E-state index < -0.39 is 18.3 Å². The van der Waals surface area contributed by atoms with Crippen molar-refractivity contribution in [3.05, 3.63) is 11.9 Å². The summed E-state index contributed by atoms with van der Waals surface area (Å²) in [5, 5.41) is 28.1. The van der Waals surface area contributed by atoms with Crippen LogP contribution in [0.5, 0.6) is 0 Å². The van der Waals surface area contributed by atoms with Crippen LogP contribution in [0.1, 0.15) is 122 Å². The van der Waals surface area contributed by atoms with Crippen LogP contribution in [0, 0.1) is 0 Å². The molecule has 0 aliphatic rings. The molecule has 1 rings (SSSR count). The Bertz CT molecular complexity index is 512. The number of aliphatic hydroxyl groups excluding tert-OH is 2. The molecule has 6 heteroatoms. The van der Waals surface area contributed by atoms with Crippen molar-refractivity contribution in [2.45, 2.75) is 135 Å². The fourth-order valence-corrected chi connectivity index (χ4v) is 3.89. The predicted octanol–water partition coefficient (Wildman–Crippen LogP) is 5.94. The topological polar surface area (TPSA) is 71.2 Å².